The van der Waals surface area contributed by atoms with Gasteiger partial charge in [-0.1, -0.05) is 13.8 Å². The third-order valence-electron chi connectivity index (χ3n) is 3.33. The van der Waals surface area contributed by atoms with E-state index in [0.717, 1.165) is 5.75 Å². The number of methoxy groups -OCH3 is 1. The summed E-state index contributed by atoms with van der Waals surface area (Å²) < 4.78 is 26.7. The maximum atomic E-state index is 11.8. The van der Waals surface area contributed by atoms with Crippen molar-refractivity contribution in [3.05, 3.63) is 24.3 Å². The highest BCUT2D eigenvalue weighted by Gasteiger charge is 2.31. The third-order valence-corrected chi connectivity index (χ3v) is 3.33. The van der Waals surface area contributed by atoms with Gasteiger partial charge in [0.05, 0.1) is 19.8 Å². The van der Waals surface area contributed by atoms with Crippen LogP contribution in [0.1, 0.15) is 13.8 Å². The number of rotatable bonds is 8. The van der Waals surface area contributed by atoms with Crippen LogP contribution in [0.2, 0.25) is 0 Å². The van der Waals surface area contributed by atoms with Gasteiger partial charge in [0.15, 0.2) is 12.7 Å². The van der Waals surface area contributed by atoms with E-state index in [1.165, 1.54) is 0 Å². The smallest absolute Gasteiger partial charge is 0.344 e. The molecule has 1 aliphatic heterocycles. The predicted octanol–water partition coefficient (Wildman–Crippen LogP) is 2.06. The van der Waals surface area contributed by atoms with Gasteiger partial charge in [-0.2, -0.15) is 0 Å². The number of esters is 1. The molecule has 6 nitrogen and oxygen atoms in total. The first-order chi connectivity index (χ1) is 11.1. The molecule has 6 heteroatoms. The molecule has 2 atom stereocenters. The van der Waals surface area contributed by atoms with E-state index in [9.17, 15) is 4.79 Å². The Bertz CT molecular complexity index is 484. The van der Waals surface area contributed by atoms with Crippen molar-refractivity contribution >= 4 is 5.97 Å². The maximum absolute atomic E-state index is 11.8. The molecular weight excluding hydrogens is 300 g/mol. The molecule has 0 bridgehead atoms. The van der Waals surface area contributed by atoms with Crippen LogP contribution in [0, 0.1) is 5.92 Å². The number of ether oxygens (including phenoxy) is 5. The molecule has 23 heavy (non-hydrogen) atoms. The predicted molar refractivity (Wildman–Crippen MR) is 83.8 cm³/mol. The molecule has 0 aliphatic carbocycles. The lowest BCUT2D eigenvalue weighted by atomic mass is 10.2. The van der Waals surface area contributed by atoms with E-state index >= 15 is 0 Å². The zero-order chi connectivity index (χ0) is 16.7. The van der Waals surface area contributed by atoms with Crippen LogP contribution >= 0.6 is 0 Å². The Labute approximate surface area is 136 Å². The zero-order valence-corrected chi connectivity index (χ0v) is 13.8. The second-order valence-corrected chi connectivity index (χ2v) is 5.80. The molecule has 0 aromatic heterocycles. The van der Waals surface area contributed by atoms with Crippen molar-refractivity contribution in [3.8, 4) is 11.5 Å². The highest BCUT2D eigenvalue weighted by atomic mass is 16.6. The highest BCUT2D eigenvalue weighted by molar-refractivity contribution is 5.71. The largest absolute Gasteiger partial charge is 0.493 e. The zero-order valence-electron chi connectivity index (χ0n) is 13.8. The van der Waals surface area contributed by atoms with E-state index in [1.807, 2.05) is 12.1 Å². The molecule has 1 aliphatic rings. The monoisotopic (exact) mass is 324 g/mol. The molecule has 1 heterocycles. The quantitative estimate of drug-likeness (QED) is 0.682. The van der Waals surface area contributed by atoms with Crippen molar-refractivity contribution in [1.29, 1.82) is 0 Å². The Morgan fingerprint density at radius 3 is 2.35 bits per heavy atom. The number of carbonyl (C=O) groups excluding carboxylic acids is 1. The first-order valence-electron chi connectivity index (χ1n) is 7.74. The summed E-state index contributed by atoms with van der Waals surface area (Å²) in [6.45, 7) is 5.48. The van der Waals surface area contributed by atoms with E-state index in [-0.39, 0.29) is 18.8 Å². The lowest BCUT2D eigenvalue weighted by Crippen LogP contribution is -2.33. The normalized spacial score (nSPS) is 20.5. The van der Waals surface area contributed by atoms with Gasteiger partial charge in [0.1, 0.15) is 17.6 Å². The summed E-state index contributed by atoms with van der Waals surface area (Å²) in [5.41, 5.74) is 0. The Morgan fingerprint density at radius 2 is 1.74 bits per heavy atom. The number of hydrogen-bond acceptors (Lipinski definition) is 6. The SMILES string of the molecule is COC1COCC1OC(=O)COc1ccc(OCC(C)C)cc1. The third kappa shape index (κ3) is 5.73. The topological polar surface area (TPSA) is 63.2 Å². The average molecular weight is 324 g/mol. The molecule has 0 N–H and O–H groups in total. The van der Waals surface area contributed by atoms with Crippen LogP contribution in [0.3, 0.4) is 0 Å². The van der Waals surface area contributed by atoms with E-state index in [4.69, 9.17) is 23.7 Å². The van der Waals surface area contributed by atoms with Gasteiger partial charge < -0.3 is 23.7 Å². The van der Waals surface area contributed by atoms with Crippen molar-refractivity contribution in [2.75, 3.05) is 33.5 Å². The van der Waals surface area contributed by atoms with Crippen molar-refractivity contribution < 1.29 is 28.5 Å². The van der Waals surface area contributed by atoms with Crippen molar-refractivity contribution in [1.82, 2.24) is 0 Å². The lowest BCUT2D eigenvalue weighted by Gasteiger charge is -2.16. The van der Waals surface area contributed by atoms with Gasteiger partial charge in [0.25, 0.3) is 0 Å². The maximum Gasteiger partial charge on any atom is 0.344 e. The molecule has 128 valence electrons. The highest BCUT2D eigenvalue weighted by Crippen LogP contribution is 2.18. The van der Waals surface area contributed by atoms with E-state index in [2.05, 4.69) is 13.8 Å². The molecular formula is C17H24O6. The summed E-state index contributed by atoms with van der Waals surface area (Å²) >= 11 is 0. The van der Waals surface area contributed by atoms with Gasteiger partial charge in [-0.05, 0) is 30.2 Å². The van der Waals surface area contributed by atoms with E-state index in [0.29, 0.717) is 31.5 Å². The van der Waals surface area contributed by atoms with Crippen LogP contribution in [-0.4, -0.2) is 51.7 Å². The summed E-state index contributed by atoms with van der Waals surface area (Å²) in [6, 6.07) is 7.16. The molecule has 2 unspecified atom stereocenters. The number of benzene rings is 1. The Balaban J connectivity index is 1.73. The fourth-order valence-corrected chi connectivity index (χ4v) is 2.08. The molecule has 0 spiro atoms. The molecule has 2 rings (SSSR count). The second-order valence-electron chi connectivity index (χ2n) is 5.80. The van der Waals surface area contributed by atoms with Gasteiger partial charge in [0.2, 0.25) is 0 Å². The molecule has 1 aromatic rings. The average Bonchev–Trinajstić information content (AvgIpc) is 2.99. The Kier molecular flexibility index (Phi) is 6.67. The summed E-state index contributed by atoms with van der Waals surface area (Å²) in [4.78, 5) is 11.8. The van der Waals surface area contributed by atoms with Crippen molar-refractivity contribution in [2.45, 2.75) is 26.1 Å². The summed E-state index contributed by atoms with van der Waals surface area (Å²) in [6.07, 6.45) is -0.584. The molecule has 1 aromatic carbocycles. The minimum Gasteiger partial charge on any atom is -0.493 e. The van der Waals surface area contributed by atoms with Crippen molar-refractivity contribution in [3.63, 3.8) is 0 Å². The van der Waals surface area contributed by atoms with E-state index < -0.39 is 5.97 Å². The Hall–Kier alpha value is -1.79. The van der Waals surface area contributed by atoms with Gasteiger partial charge in [-0.25, -0.2) is 4.79 Å². The minimum absolute atomic E-state index is 0.154. The summed E-state index contributed by atoms with van der Waals surface area (Å²) in [5, 5.41) is 0. The summed E-state index contributed by atoms with van der Waals surface area (Å²) in [5.74, 6) is 1.39. The molecule has 0 radical (unpaired) electrons. The minimum atomic E-state index is -0.442. The fraction of sp³-hybridized carbons (Fsp3) is 0.588. The molecule has 0 saturated carbocycles. The molecule has 1 fully saturated rings. The first-order valence-corrected chi connectivity index (χ1v) is 7.74. The molecule has 1 saturated heterocycles. The standard InChI is InChI=1S/C17H24O6/c1-12(2)8-21-13-4-6-14(7-5-13)22-11-17(18)23-16-10-20-9-15(16)19-3/h4-7,12,15-16H,8-11H2,1-3H3. The lowest BCUT2D eigenvalue weighted by molar-refractivity contribution is -0.155. The van der Waals surface area contributed by atoms with Gasteiger partial charge in [-0.15, -0.1) is 0 Å². The first kappa shape index (κ1) is 17.6. The van der Waals surface area contributed by atoms with E-state index in [1.54, 1.807) is 19.2 Å². The van der Waals surface area contributed by atoms with Crippen LogP contribution in [0.5, 0.6) is 11.5 Å². The van der Waals surface area contributed by atoms with Gasteiger partial charge >= 0.3 is 5.97 Å². The fourth-order valence-electron chi connectivity index (χ4n) is 2.08. The van der Waals surface area contributed by atoms with Gasteiger partial charge in [-0.3, -0.25) is 0 Å². The van der Waals surface area contributed by atoms with Crippen LogP contribution in [0.25, 0.3) is 0 Å². The van der Waals surface area contributed by atoms with Gasteiger partial charge in [0, 0.05) is 7.11 Å². The molecule has 0 amide bonds. The van der Waals surface area contributed by atoms with Crippen LogP contribution in [-0.2, 0) is 19.0 Å². The number of hydrogen-bond donors (Lipinski definition) is 0. The number of carbonyl (C=O) groups is 1. The van der Waals surface area contributed by atoms with Crippen molar-refractivity contribution in [2.24, 2.45) is 5.92 Å². The van der Waals surface area contributed by atoms with Crippen LogP contribution in [0.4, 0.5) is 0 Å². The van der Waals surface area contributed by atoms with Crippen LogP contribution in [0.15, 0.2) is 24.3 Å². The van der Waals surface area contributed by atoms with Crippen LogP contribution < -0.4 is 9.47 Å². The Morgan fingerprint density at radius 1 is 1.13 bits per heavy atom. The second kappa shape index (κ2) is 8.74. The summed E-state index contributed by atoms with van der Waals surface area (Å²) in [7, 11) is 1.57.